The van der Waals surface area contributed by atoms with Crippen molar-refractivity contribution in [3.8, 4) is 0 Å². The van der Waals surface area contributed by atoms with Gasteiger partial charge in [-0.1, -0.05) is 122 Å². The van der Waals surface area contributed by atoms with Crippen molar-refractivity contribution in [1.29, 1.82) is 0 Å². The Kier molecular flexibility index (Phi) is 24.3. The lowest BCUT2D eigenvalue weighted by Gasteiger charge is -2.04. The van der Waals surface area contributed by atoms with Crippen molar-refractivity contribution >= 4 is 11.9 Å². The van der Waals surface area contributed by atoms with Crippen LogP contribution >= 0.6 is 0 Å². The number of rotatable bonds is 26. The number of nitrogens with one attached hydrogen (secondary N) is 1. The molecular weight excluding hydrogens is 390 g/mol. The van der Waals surface area contributed by atoms with Crippen LogP contribution < -0.4 is 5.32 Å². The largest absolute Gasteiger partial charge is 0.481 e. The highest BCUT2D eigenvalue weighted by atomic mass is 16.4. The molecule has 0 saturated heterocycles. The minimum atomic E-state index is -0.772. The van der Waals surface area contributed by atoms with Crippen molar-refractivity contribution in [1.82, 2.24) is 5.32 Å². The van der Waals surface area contributed by atoms with Crippen LogP contribution in [0.4, 0.5) is 0 Å². The molecule has 0 aliphatic carbocycles. The number of hydrogen-bond acceptors (Lipinski definition) is 3. The van der Waals surface area contributed by atoms with Crippen LogP contribution in [0, 0.1) is 0 Å². The third-order valence-corrected chi connectivity index (χ3v) is 6.02. The van der Waals surface area contributed by atoms with Gasteiger partial charge in [-0.25, -0.2) is 0 Å². The van der Waals surface area contributed by atoms with Gasteiger partial charge in [-0.2, -0.15) is 0 Å². The van der Waals surface area contributed by atoms with Gasteiger partial charge in [-0.3, -0.25) is 9.59 Å². The maximum Gasteiger partial charge on any atom is 0.317 e. The van der Waals surface area contributed by atoms with E-state index in [1.165, 1.54) is 116 Å². The average Bonchev–Trinajstić information content (AvgIpc) is 2.73. The first kappa shape index (κ1) is 29.9. The van der Waals surface area contributed by atoms with E-state index in [9.17, 15) is 9.59 Å². The van der Waals surface area contributed by atoms with E-state index in [1.54, 1.807) is 0 Å². The van der Waals surface area contributed by atoms with Gasteiger partial charge in [0.2, 0.25) is 0 Å². The van der Waals surface area contributed by atoms with Gasteiger partial charge in [0.25, 0.3) is 0 Å². The zero-order valence-corrected chi connectivity index (χ0v) is 20.2. The summed E-state index contributed by atoms with van der Waals surface area (Å²) in [5, 5.41) is 20.1. The highest BCUT2D eigenvalue weighted by molar-refractivity contribution is 5.68. The second-order valence-electron chi connectivity index (χ2n) is 9.14. The zero-order valence-electron chi connectivity index (χ0n) is 20.2. The minimum Gasteiger partial charge on any atom is -0.481 e. The highest BCUT2D eigenvalue weighted by Gasteiger charge is 1.98. The van der Waals surface area contributed by atoms with E-state index >= 15 is 0 Å². The van der Waals surface area contributed by atoms with E-state index in [4.69, 9.17) is 10.2 Å². The van der Waals surface area contributed by atoms with Crippen LogP contribution in [-0.2, 0) is 9.59 Å². The molecule has 0 radical (unpaired) electrons. The summed E-state index contributed by atoms with van der Waals surface area (Å²) in [5.41, 5.74) is 0. The Morgan fingerprint density at radius 3 is 1.00 bits per heavy atom. The maximum absolute atomic E-state index is 10.4. The molecule has 0 spiro atoms. The van der Waals surface area contributed by atoms with Crippen LogP contribution in [0.5, 0.6) is 0 Å². The topological polar surface area (TPSA) is 86.6 Å². The molecule has 0 rings (SSSR count). The number of hydrogen-bond donors (Lipinski definition) is 3. The Balaban J connectivity index is 3.02. The Bertz CT molecular complexity index is 365. The molecule has 0 amide bonds. The molecule has 0 aliphatic rings. The predicted octanol–water partition coefficient (Wildman–Crippen LogP) is 7.33. The second-order valence-corrected chi connectivity index (χ2v) is 9.14. The SMILES string of the molecule is O=C(O)CCCCCCCCCCCCCCCCCCCCCCCNCC(=O)O. The summed E-state index contributed by atoms with van der Waals surface area (Å²) in [6.07, 6.45) is 27.5. The van der Waals surface area contributed by atoms with Crippen LogP contribution in [0.3, 0.4) is 0 Å². The molecule has 5 nitrogen and oxygen atoms in total. The molecule has 0 aromatic carbocycles. The van der Waals surface area contributed by atoms with Crippen molar-refractivity contribution in [2.24, 2.45) is 0 Å². The molecule has 0 bridgehead atoms. The monoisotopic (exact) mass is 441 g/mol. The number of carboxylic acids is 2. The number of carboxylic acid groups (broad SMARTS) is 2. The summed E-state index contributed by atoms with van der Waals surface area (Å²) in [4.78, 5) is 20.8. The molecule has 0 unspecified atom stereocenters. The second kappa shape index (κ2) is 25.2. The third kappa shape index (κ3) is 28.9. The molecule has 184 valence electrons. The Labute approximate surface area is 191 Å². The van der Waals surface area contributed by atoms with Gasteiger partial charge >= 0.3 is 11.9 Å². The van der Waals surface area contributed by atoms with Crippen LogP contribution in [0.25, 0.3) is 0 Å². The standard InChI is InChI=1S/C26H51NO4/c28-25(29)22-20-18-16-14-12-10-8-6-4-2-1-3-5-7-9-11-13-15-17-19-21-23-27-24-26(30)31/h27H,1-24H2,(H,28,29)(H,30,31). The van der Waals surface area contributed by atoms with Gasteiger partial charge in [0.15, 0.2) is 0 Å². The van der Waals surface area contributed by atoms with Gasteiger partial charge in [0.05, 0.1) is 6.54 Å². The first-order valence-electron chi connectivity index (χ1n) is 13.3. The number of aliphatic carboxylic acids is 2. The number of carbonyl (C=O) groups is 2. The molecular formula is C26H51NO4. The Morgan fingerprint density at radius 2 is 0.710 bits per heavy atom. The van der Waals surface area contributed by atoms with E-state index in [1.807, 2.05) is 0 Å². The van der Waals surface area contributed by atoms with E-state index in [0.717, 1.165) is 25.8 Å². The quantitative estimate of drug-likeness (QED) is 0.122. The van der Waals surface area contributed by atoms with Gasteiger partial charge in [0, 0.05) is 6.42 Å². The first-order valence-corrected chi connectivity index (χ1v) is 13.3. The van der Waals surface area contributed by atoms with E-state index in [-0.39, 0.29) is 6.54 Å². The first-order chi connectivity index (χ1) is 15.1. The zero-order chi connectivity index (χ0) is 22.8. The summed E-state index contributed by atoms with van der Waals surface area (Å²) in [5.74, 6) is -1.43. The fourth-order valence-electron chi connectivity index (χ4n) is 4.08. The molecule has 0 atom stereocenters. The van der Waals surface area contributed by atoms with Gasteiger partial charge in [-0.15, -0.1) is 0 Å². The summed E-state index contributed by atoms with van der Waals surface area (Å²) < 4.78 is 0. The summed E-state index contributed by atoms with van der Waals surface area (Å²) >= 11 is 0. The average molecular weight is 442 g/mol. The minimum absolute atomic E-state index is 0.0833. The number of unbranched alkanes of at least 4 members (excludes halogenated alkanes) is 20. The summed E-state index contributed by atoms with van der Waals surface area (Å²) in [6.45, 7) is 0.907. The lowest BCUT2D eigenvalue weighted by molar-refractivity contribution is -0.137. The van der Waals surface area contributed by atoms with Crippen molar-refractivity contribution in [2.45, 2.75) is 141 Å². The third-order valence-electron chi connectivity index (χ3n) is 6.02. The molecule has 5 heteroatoms. The van der Waals surface area contributed by atoms with Gasteiger partial charge in [-0.05, 0) is 19.4 Å². The molecule has 31 heavy (non-hydrogen) atoms. The van der Waals surface area contributed by atoms with Gasteiger partial charge in [0.1, 0.15) is 0 Å². The lowest BCUT2D eigenvalue weighted by Crippen LogP contribution is -2.23. The smallest absolute Gasteiger partial charge is 0.317 e. The molecule has 0 fully saturated rings. The maximum atomic E-state index is 10.4. The van der Waals surface area contributed by atoms with E-state index in [0.29, 0.717) is 6.42 Å². The predicted molar refractivity (Wildman–Crippen MR) is 130 cm³/mol. The summed E-state index contributed by atoms with van der Waals surface area (Å²) in [6, 6.07) is 0. The Hall–Kier alpha value is -1.10. The van der Waals surface area contributed by atoms with Gasteiger partial charge < -0.3 is 15.5 Å². The van der Waals surface area contributed by atoms with Crippen LogP contribution in [0.1, 0.15) is 141 Å². The molecule has 3 N–H and O–H groups in total. The highest BCUT2D eigenvalue weighted by Crippen LogP contribution is 2.15. The van der Waals surface area contributed by atoms with Crippen LogP contribution in [-0.4, -0.2) is 35.2 Å². The normalized spacial score (nSPS) is 11.1. The Morgan fingerprint density at radius 1 is 0.419 bits per heavy atom. The van der Waals surface area contributed by atoms with Crippen molar-refractivity contribution in [3.05, 3.63) is 0 Å². The van der Waals surface area contributed by atoms with Crippen molar-refractivity contribution in [3.63, 3.8) is 0 Å². The lowest BCUT2D eigenvalue weighted by atomic mass is 10.0. The molecule has 0 saturated carbocycles. The molecule has 0 aliphatic heterocycles. The van der Waals surface area contributed by atoms with Crippen molar-refractivity contribution in [2.75, 3.05) is 13.1 Å². The van der Waals surface area contributed by atoms with Crippen LogP contribution in [0.15, 0.2) is 0 Å². The fourth-order valence-corrected chi connectivity index (χ4v) is 4.08. The fraction of sp³-hybridized carbons (Fsp3) is 0.923. The molecule has 0 aromatic rings. The van der Waals surface area contributed by atoms with Crippen LogP contribution in [0.2, 0.25) is 0 Å². The van der Waals surface area contributed by atoms with E-state index in [2.05, 4.69) is 5.32 Å². The molecule has 0 aromatic heterocycles. The molecule has 0 heterocycles. The van der Waals surface area contributed by atoms with E-state index < -0.39 is 11.9 Å². The van der Waals surface area contributed by atoms with Crippen molar-refractivity contribution < 1.29 is 19.8 Å². The summed E-state index contributed by atoms with van der Waals surface area (Å²) in [7, 11) is 0.